The van der Waals surface area contributed by atoms with E-state index in [1.54, 1.807) is 18.2 Å². The number of ether oxygens (including phenoxy) is 1. The fourth-order valence-electron chi connectivity index (χ4n) is 1.88. The maximum atomic E-state index is 11.4. The monoisotopic (exact) mass is 268 g/mol. The van der Waals surface area contributed by atoms with E-state index in [4.69, 9.17) is 4.74 Å². The molecule has 3 nitrogen and oxygen atoms in total. The Labute approximate surface area is 118 Å². The third-order valence-electron chi connectivity index (χ3n) is 2.82. The lowest BCUT2D eigenvalue weighted by Crippen LogP contribution is -1.99. The van der Waals surface area contributed by atoms with Gasteiger partial charge >= 0.3 is 5.97 Å². The van der Waals surface area contributed by atoms with Gasteiger partial charge in [-0.2, -0.15) is 0 Å². The van der Waals surface area contributed by atoms with Crippen LogP contribution in [0.1, 0.15) is 18.1 Å². The first-order valence-electron chi connectivity index (χ1n) is 6.44. The Hall–Kier alpha value is -2.55. The third kappa shape index (κ3) is 3.48. The van der Waals surface area contributed by atoms with Crippen molar-refractivity contribution >= 4 is 17.6 Å². The van der Waals surface area contributed by atoms with Crippen molar-refractivity contribution in [1.82, 2.24) is 0 Å². The molecule has 2 aromatic rings. The second-order valence-corrected chi connectivity index (χ2v) is 4.23. The van der Waals surface area contributed by atoms with E-state index in [9.17, 15) is 9.90 Å². The topological polar surface area (TPSA) is 46.5 Å². The molecular formula is C17H16O3. The minimum absolute atomic E-state index is 0.273. The lowest BCUT2D eigenvalue weighted by atomic mass is 10.0. The molecule has 0 radical (unpaired) electrons. The van der Waals surface area contributed by atoms with Gasteiger partial charge in [-0.15, -0.1) is 0 Å². The molecule has 0 spiro atoms. The van der Waals surface area contributed by atoms with Crippen LogP contribution < -0.4 is 4.74 Å². The second kappa shape index (κ2) is 6.57. The number of benzene rings is 2. The predicted octanol–water partition coefficient (Wildman–Crippen LogP) is 3.71. The summed E-state index contributed by atoms with van der Waals surface area (Å²) in [6.07, 6.45) is 1.66. The minimum atomic E-state index is -0.940. The fraction of sp³-hybridized carbons (Fsp3) is 0.118. The number of aliphatic carboxylic acids is 1. The first kappa shape index (κ1) is 13.9. The molecule has 0 heterocycles. The normalized spacial score (nSPS) is 11.2. The van der Waals surface area contributed by atoms with Gasteiger partial charge in [-0.25, -0.2) is 4.79 Å². The van der Waals surface area contributed by atoms with Gasteiger partial charge in [-0.05, 0) is 36.3 Å². The van der Waals surface area contributed by atoms with E-state index >= 15 is 0 Å². The van der Waals surface area contributed by atoms with E-state index in [0.29, 0.717) is 12.2 Å². The Morgan fingerprint density at radius 2 is 1.75 bits per heavy atom. The van der Waals surface area contributed by atoms with Gasteiger partial charge in [0.2, 0.25) is 0 Å². The van der Waals surface area contributed by atoms with Gasteiger partial charge in [0.25, 0.3) is 0 Å². The van der Waals surface area contributed by atoms with E-state index in [2.05, 4.69) is 0 Å². The largest absolute Gasteiger partial charge is 0.494 e. The third-order valence-corrected chi connectivity index (χ3v) is 2.82. The average Bonchev–Trinajstić information content (AvgIpc) is 2.47. The van der Waals surface area contributed by atoms with E-state index in [1.807, 2.05) is 49.4 Å². The Morgan fingerprint density at radius 1 is 1.10 bits per heavy atom. The molecule has 0 fully saturated rings. The van der Waals surface area contributed by atoms with Crippen LogP contribution in [0.3, 0.4) is 0 Å². The highest BCUT2D eigenvalue weighted by atomic mass is 16.5. The second-order valence-electron chi connectivity index (χ2n) is 4.23. The molecule has 0 aliphatic rings. The van der Waals surface area contributed by atoms with Crippen LogP contribution in [-0.2, 0) is 4.79 Å². The van der Waals surface area contributed by atoms with E-state index in [1.165, 1.54) is 0 Å². The maximum absolute atomic E-state index is 11.4. The molecule has 0 atom stereocenters. The molecule has 0 bridgehead atoms. The molecular weight excluding hydrogens is 252 g/mol. The lowest BCUT2D eigenvalue weighted by molar-refractivity contribution is -0.130. The van der Waals surface area contributed by atoms with E-state index in [0.717, 1.165) is 11.3 Å². The van der Waals surface area contributed by atoms with Crippen molar-refractivity contribution in [3.8, 4) is 5.75 Å². The molecule has 0 saturated carbocycles. The lowest BCUT2D eigenvalue weighted by Gasteiger charge is -2.05. The van der Waals surface area contributed by atoms with Crippen LogP contribution >= 0.6 is 0 Å². The Balaban J connectivity index is 2.32. The fourth-order valence-corrected chi connectivity index (χ4v) is 1.88. The highest BCUT2D eigenvalue weighted by Gasteiger charge is 2.09. The SMILES string of the molecule is CCOc1ccc(/C=C(/C(=O)O)c2ccccc2)cc1. The highest BCUT2D eigenvalue weighted by Crippen LogP contribution is 2.20. The van der Waals surface area contributed by atoms with Gasteiger partial charge in [0.1, 0.15) is 5.75 Å². The molecule has 1 N–H and O–H groups in total. The summed E-state index contributed by atoms with van der Waals surface area (Å²) in [6.45, 7) is 2.53. The summed E-state index contributed by atoms with van der Waals surface area (Å²) in [5, 5.41) is 9.33. The van der Waals surface area contributed by atoms with Crippen molar-refractivity contribution in [1.29, 1.82) is 0 Å². The molecule has 0 unspecified atom stereocenters. The Kier molecular flexibility index (Phi) is 4.56. The van der Waals surface area contributed by atoms with Gasteiger partial charge in [0.05, 0.1) is 12.2 Å². The zero-order chi connectivity index (χ0) is 14.4. The highest BCUT2D eigenvalue weighted by molar-refractivity contribution is 6.20. The summed E-state index contributed by atoms with van der Waals surface area (Å²) in [5.41, 5.74) is 1.79. The van der Waals surface area contributed by atoms with Crippen molar-refractivity contribution in [3.05, 3.63) is 65.7 Å². The van der Waals surface area contributed by atoms with Crippen molar-refractivity contribution in [3.63, 3.8) is 0 Å². The molecule has 2 aromatic carbocycles. The first-order valence-corrected chi connectivity index (χ1v) is 6.44. The van der Waals surface area contributed by atoms with Crippen molar-refractivity contribution < 1.29 is 14.6 Å². The summed E-state index contributed by atoms with van der Waals surface area (Å²) in [4.78, 5) is 11.4. The summed E-state index contributed by atoms with van der Waals surface area (Å²) >= 11 is 0. The number of carboxylic acids is 1. The minimum Gasteiger partial charge on any atom is -0.494 e. The first-order chi connectivity index (χ1) is 9.70. The summed E-state index contributed by atoms with van der Waals surface area (Å²) < 4.78 is 5.36. The van der Waals surface area contributed by atoms with Gasteiger partial charge in [0.15, 0.2) is 0 Å². The van der Waals surface area contributed by atoms with E-state index in [-0.39, 0.29) is 5.57 Å². The van der Waals surface area contributed by atoms with Crippen molar-refractivity contribution in [2.24, 2.45) is 0 Å². The number of hydrogen-bond donors (Lipinski definition) is 1. The number of carboxylic acid groups (broad SMARTS) is 1. The van der Waals surface area contributed by atoms with Crippen LogP contribution in [0, 0.1) is 0 Å². The molecule has 3 heteroatoms. The van der Waals surface area contributed by atoms with Crippen LogP contribution in [-0.4, -0.2) is 17.7 Å². The summed E-state index contributed by atoms with van der Waals surface area (Å²) in [6, 6.07) is 16.4. The molecule has 102 valence electrons. The van der Waals surface area contributed by atoms with Gasteiger partial charge in [0, 0.05) is 0 Å². The number of hydrogen-bond acceptors (Lipinski definition) is 2. The smallest absolute Gasteiger partial charge is 0.336 e. The zero-order valence-corrected chi connectivity index (χ0v) is 11.2. The maximum Gasteiger partial charge on any atom is 0.336 e. The standard InChI is InChI=1S/C17H16O3/c1-2-20-15-10-8-13(9-11-15)12-16(17(18)19)14-6-4-3-5-7-14/h3-12H,2H2,1H3,(H,18,19)/b16-12+. The van der Waals surface area contributed by atoms with Crippen LogP contribution in [0.5, 0.6) is 5.75 Å². The molecule has 0 saturated heterocycles. The molecule has 2 rings (SSSR count). The van der Waals surface area contributed by atoms with Crippen LogP contribution in [0.15, 0.2) is 54.6 Å². The molecule has 0 aromatic heterocycles. The summed E-state index contributed by atoms with van der Waals surface area (Å²) in [7, 11) is 0. The molecule has 0 amide bonds. The molecule has 20 heavy (non-hydrogen) atoms. The molecule has 0 aliphatic carbocycles. The van der Waals surface area contributed by atoms with Gasteiger partial charge in [-0.3, -0.25) is 0 Å². The van der Waals surface area contributed by atoms with Crippen LogP contribution in [0.25, 0.3) is 11.6 Å². The van der Waals surface area contributed by atoms with Crippen molar-refractivity contribution in [2.75, 3.05) is 6.61 Å². The van der Waals surface area contributed by atoms with Crippen LogP contribution in [0.4, 0.5) is 0 Å². The van der Waals surface area contributed by atoms with E-state index < -0.39 is 5.97 Å². The van der Waals surface area contributed by atoms with Crippen molar-refractivity contribution in [2.45, 2.75) is 6.92 Å². The average molecular weight is 268 g/mol. The Bertz CT molecular complexity index is 598. The quantitative estimate of drug-likeness (QED) is 0.664. The molecule has 0 aliphatic heterocycles. The van der Waals surface area contributed by atoms with Crippen LogP contribution in [0.2, 0.25) is 0 Å². The predicted molar refractivity (Wildman–Crippen MR) is 79.6 cm³/mol. The Morgan fingerprint density at radius 3 is 2.30 bits per heavy atom. The number of rotatable bonds is 5. The number of carbonyl (C=O) groups is 1. The van der Waals surface area contributed by atoms with Gasteiger partial charge < -0.3 is 9.84 Å². The van der Waals surface area contributed by atoms with Gasteiger partial charge in [-0.1, -0.05) is 42.5 Å². The summed E-state index contributed by atoms with van der Waals surface area (Å²) in [5.74, 6) is -0.161. The zero-order valence-electron chi connectivity index (χ0n) is 11.2.